The minimum atomic E-state index is -3.75. The van der Waals surface area contributed by atoms with Crippen LogP contribution >= 0.6 is 17.2 Å². The number of allylic oxidation sites excluding steroid dienone is 8. The van der Waals surface area contributed by atoms with E-state index in [1.54, 1.807) is 0 Å². The first kappa shape index (κ1) is 17.8. The summed E-state index contributed by atoms with van der Waals surface area (Å²) >= 11 is -3.75. The van der Waals surface area contributed by atoms with Gasteiger partial charge in [0.25, 0.3) is 0 Å². The molecule has 2 aliphatic carbocycles. The Hall–Kier alpha value is 0.410. The first-order valence-corrected chi connectivity index (χ1v) is 20.5. The molecular formula is C18H26Cl2Hf. The van der Waals surface area contributed by atoms with E-state index in [-0.39, 0.29) is 6.34 Å². The second kappa shape index (κ2) is 6.49. The summed E-state index contributed by atoms with van der Waals surface area (Å²) in [7, 11) is 14.8. The normalized spacial score (nSPS) is 31.7. The van der Waals surface area contributed by atoms with Gasteiger partial charge in [-0.1, -0.05) is 0 Å². The quantitative estimate of drug-likeness (QED) is 0.340. The van der Waals surface area contributed by atoms with Crippen molar-refractivity contribution in [2.45, 2.75) is 59.7 Å². The molecule has 0 amide bonds. The van der Waals surface area contributed by atoms with E-state index in [1.807, 2.05) is 0 Å². The van der Waals surface area contributed by atoms with Crippen LogP contribution in [0.2, 0.25) is 6.34 Å². The molecule has 0 aliphatic heterocycles. The Morgan fingerprint density at radius 2 is 1.24 bits per heavy atom. The second-order valence-corrected chi connectivity index (χ2v) is 27.8. The van der Waals surface area contributed by atoms with Gasteiger partial charge in [-0.25, -0.2) is 0 Å². The molecular weight excluding hydrogens is 466 g/mol. The molecule has 0 aromatic heterocycles. The van der Waals surface area contributed by atoms with Gasteiger partial charge in [0.1, 0.15) is 0 Å². The summed E-state index contributed by atoms with van der Waals surface area (Å²) in [5.74, 6) is 0. The van der Waals surface area contributed by atoms with Crippen molar-refractivity contribution in [2.24, 2.45) is 0 Å². The second-order valence-electron chi connectivity index (χ2n) is 6.43. The molecule has 0 saturated heterocycles. The van der Waals surface area contributed by atoms with Crippen LogP contribution in [0.1, 0.15) is 53.4 Å². The van der Waals surface area contributed by atoms with Crippen LogP contribution in [0, 0.1) is 0 Å². The molecule has 116 valence electrons. The third-order valence-corrected chi connectivity index (χ3v) is 30.2. The van der Waals surface area contributed by atoms with Gasteiger partial charge in [0.15, 0.2) is 0 Å². The average Bonchev–Trinajstić information content (AvgIpc) is 2.97. The van der Waals surface area contributed by atoms with E-state index in [9.17, 15) is 0 Å². The molecule has 0 heterocycles. The maximum atomic E-state index is 7.41. The molecule has 0 nitrogen and oxygen atoms in total. The molecule has 21 heavy (non-hydrogen) atoms. The zero-order valence-electron chi connectivity index (χ0n) is 13.5. The zero-order chi connectivity index (χ0) is 15.7. The van der Waals surface area contributed by atoms with E-state index < -0.39 is 17.6 Å². The van der Waals surface area contributed by atoms with E-state index in [0.717, 1.165) is 25.7 Å². The minimum absolute atomic E-state index is 0.0518. The van der Waals surface area contributed by atoms with Crippen LogP contribution in [0.25, 0.3) is 0 Å². The van der Waals surface area contributed by atoms with Gasteiger partial charge >= 0.3 is 142 Å². The van der Waals surface area contributed by atoms with Crippen LogP contribution in [0.4, 0.5) is 0 Å². The summed E-state index contributed by atoms with van der Waals surface area (Å²) in [6.07, 6.45) is 17.8. The van der Waals surface area contributed by atoms with Gasteiger partial charge in [0, 0.05) is 0 Å². The number of hydrogen-bond acceptors (Lipinski definition) is 0. The van der Waals surface area contributed by atoms with Gasteiger partial charge in [-0.3, -0.25) is 0 Å². The van der Waals surface area contributed by atoms with Crippen molar-refractivity contribution in [3.63, 3.8) is 0 Å². The standard InChI is InChI=1S/2C9H13.2ClH.Hf/c2*1-3-5-9-7-4-6-8(9)2;;;/h2*4,6-7H,3,5H2,1-2H3;2*1H;/q;;;;+2/p-2. The molecule has 3 heteroatoms. The van der Waals surface area contributed by atoms with Crippen molar-refractivity contribution in [3.05, 3.63) is 47.6 Å². The van der Waals surface area contributed by atoms with E-state index in [2.05, 4.69) is 64.2 Å². The molecule has 0 fully saturated rings. The van der Waals surface area contributed by atoms with Crippen molar-refractivity contribution in [3.8, 4) is 0 Å². The van der Waals surface area contributed by atoms with Crippen LogP contribution in [-0.4, -0.2) is 0 Å². The average molecular weight is 492 g/mol. The predicted molar refractivity (Wildman–Crippen MR) is 92.7 cm³/mol. The van der Waals surface area contributed by atoms with Gasteiger partial charge in [-0.15, -0.1) is 0 Å². The van der Waals surface area contributed by atoms with E-state index in [1.165, 1.54) is 11.1 Å². The monoisotopic (exact) mass is 492 g/mol. The first-order valence-electron chi connectivity index (χ1n) is 7.99. The molecule has 0 aromatic carbocycles. The summed E-state index contributed by atoms with van der Waals surface area (Å²) in [5, 5.41) is 0. The van der Waals surface area contributed by atoms with Crippen molar-refractivity contribution in [1.29, 1.82) is 0 Å². The summed E-state index contributed by atoms with van der Waals surface area (Å²) in [4.78, 5) is 0. The summed E-state index contributed by atoms with van der Waals surface area (Å²) in [6.45, 7) is 8.90. The van der Waals surface area contributed by atoms with Gasteiger partial charge in [0.2, 0.25) is 0 Å². The molecule has 0 saturated carbocycles. The molecule has 2 unspecified atom stereocenters. The predicted octanol–water partition coefficient (Wildman–Crippen LogP) is 7.40. The fourth-order valence-electron chi connectivity index (χ4n) is 4.04. The van der Waals surface area contributed by atoms with Crippen LogP contribution in [0.3, 0.4) is 0 Å². The number of halogens is 2. The third kappa shape index (κ3) is 2.52. The van der Waals surface area contributed by atoms with E-state index >= 15 is 0 Å². The first-order chi connectivity index (χ1) is 9.88. The Labute approximate surface area is 141 Å². The molecule has 0 bridgehead atoms. The summed E-state index contributed by atoms with van der Waals surface area (Å²) < 4.78 is -0.104. The Balaban J connectivity index is 2.58. The number of rotatable bonds is 6. The number of hydrogen-bond donors (Lipinski definition) is 0. The van der Waals surface area contributed by atoms with Gasteiger partial charge in [-0.05, 0) is 0 Å². The molecule has 0 N–H and O–H groups in total. The Bertz CT molecular complexity index is 481. The fourth-order valence-corrected chi connectivity index (χ4v) is 27.3. The molecule has 2 aliphatic rings. The van der Waals surface area contributed by atoms with Crippen LogP contribution < -0.4 is 0 Å². The van der Waals surface area contributed by atoms with Crippen molar-refractivity contribution < 1.29 is 17.6 Å². The summed E-state index contributed by atoms with van der Waals surface area (Å²) in [6, 6.07) is 0. The van der Waals surface area contributed by atoms with Crippen LogP contribution in [0.15, 0.2) is 47.6 Å². The molecule has 0 radical (unpaired) electrons. The van der Waals surface area contributed by atoms with Crippen LogP contribution in [0.5, 0.6) is 0 Å². The molecule has 0 aromatic rings. The Kier molecular flexibility index (Phi) is 5.49. The van der Waals surface area contributed by atoms with E-state index in [4.69, 9.17) is 17.2 Å². The van der Waals surface area contributed by atoms with Crippen LogP contribution in [-0.2, 0) is 17.6 Å². The summed E-state index contributed by atoms with van der Waals surface area (Å²) in [5.41, 5.74) is 2.75. The van der Waals surface area contributed by atoms with Crippen molar-refractivity contribution >= 4 is 17.2 Å². The SMILES string of the molecule is CCC[C]1([Hf]([Cl])([Cl])[C]2(CCC)C=CC=C2C)C=CC=C1C. The van der Waals surface area contributed by atoms with Gasteiger partial charge in [0.05, 0.1) is 0 Å². The molecule has 0 spiro atoms. The third-order valence-electron chi connectivity index (χ3n) is 5.27. The van der Waals surface area contributed by atoms with Gasteiger partial charge < -0.3 is 0 Å². The van der Waals surface area contributed by atoms with Crippen molar-refractivity contribution in [1.82, 2.24) is 0 Å². The molecule has 2 rings (SSSR count). The fraction of sp³-hybridized carbons (Fsp3) is 0.556. The Morgan fingerprint density at radius 1 is 0.857 bits per heavy atom. The maximum absolute atomic E-state index is 7.41. The van der Waals surface area contributed by atoms with Crippen molar-refractivity contribution in [2.75, 3.05) is 0 Å². The molecule has 2 atom stereocenters. The zero-order valence-corrected chi connectivity index (χ0v) is 18.7. The Morgan fingerprint density at radius 3 is 1.48 bits per heavy atom. The topological polar surface area (TPSA) is 0 Å². The van der Waals surface area contributed by atoms with E-state index in [0.29, 0.717) is 0 Å². The van der Waals surface area contributed by atoms with Gasteiger partial charge in [-0.2, -0.15) is 0 Å².